The Kier molecular flexibility index (Phi) is 2.59. The fourth-order valence-corrected chi connectivity index (χ4v) is 3.06. The van der Waals surface area contributed by atoms with Crippen molar-refractivity contribution < 1.29 is 29.2 Å². The van der Waals surface area contributed by atoms with Crippen molar-refractivity contribution in [3.63, 3.8) is 0 Å². The van der Waals surface area contributed by atoms with E-state index in [1.165, 1.54) is 0 Å². The van der Waals surface area contributed by atoms with Crippen LogP contribution in [0.5, 0.6) is 0 Å². The van der Waals surface area contributed by atoms with E-state index in [0.717, 1.165) is 0 Å². The smallest absolute Gasteiger partial charge is 0.164 e. The molecule has 6 nitrogen and oxygen atoms in total. The molecule has 0 unspecified atom stereocenters. The van der Waals surface area contributed by atoms with E-state index in [9.17, 15) is 10.2 Å². The van der Waals surface area contributed by atoms with Gasteiger partial charge in [0.1, 0.15) is 36.6 Å². The molecule has 2 N–H and O–H groups in total. The monoisotopic (exact) mass is 260 g/mol. The third kappa shape index (κ3) is 1.79. The Labute approximate surface area is 106 Å². The van der Waals surface area contributed by atoms with Crippen molar-refractivity contribution in [3.8, 4) is 0 Å². The van der Waals surface area contributed by atoms with Crippen molar-refractivity contribution in [2.45, 2.75) is 75.9 Å². The molecule has 6 atom stereocenters. The number of hydrogen-bond acceptors (Lipinski definition) is 6. The van der Waals surface area contributed by atoms with Crippen LogP contribution in [0, 0.1) is 0 Å². The molecule has 2 heterocycles. The zero-order valence-electron chi connectivity index (χ0n) is 11.0. The van der Waals surface area contributed by atoms with Gasteiger partial charge >= 0.3 is 0 Å². The van der Waals surface area contributed by atoms with Crippen LogP contribution in [0.2, 0.25) is 0 Å². The number of ether oxygens (including phenoxy) is 4. The van der Waals surface area contributed by atoms with Crippen LogP contribution in [0.15, 0.2) is 0 Å². The summed E-state index contributed by atoms with van der Waals surface area (Å²) in [5.41, 5.74) is 0. The average Bonchev–Trinajstić information content (AvgIpc) is 2.72. The van der Waals surface area contributed by atoms with E-state index in [-0.39, 0.29) is 0 Å². The van der Waals surface area contributed by atoms with Crippen molar-refractivity contribution >= 4 is 0 Å². The van der Waals surface area contributed by atoms with E-state index in [2.05, 4.69) is 0 Å². The lowest BCUT2D eigenvalue weighted by atomic mass is 9.85. The molecule has 18 heavy (non-hydrogen) atoms. The Balaban J connectivity index is 1.88. The molecule has 0 radical (unpaired) electrons. The van der Waals surface area contributed by atoms with Crippen LogP contribution >= 0.6 is 0 Å². The molecule has 0 bridgehead atoms. The summed E-state index contributed by atoms with van der Waals surface area (Å²) in [6, 6.07) is 0. The summed E-state index contributed by atoms with van der Waals surface area (Å²) in [6.45, 7) is 7.02. The molecule has 2 aliphatic heterocycles. The number of hydrogen-bond donors (Lipinski definition) is 2. The molecule has 2 saturated heterocycles. The average molecular weight is 260 g/mol. The van der Waals surface area contributed by atoms with Crippen molar-refractivity contribution in [1.82, 2.24) is 0 Å². The van der Waals surface area contributed by atoms with E-state index in [1.54, 1.807) is 27.7 Å². The molecule has 0 aromatic rings. The van der Waals surface area contributed by atoms with E-state index < -0.39 is 48.2 Å². The van der Waals surface area contributed by atoms with Gasteiger partial charge in [-0.05, 0) is 27.7 Å². The number of aliphatic hydroxyl groups excluding tert-OH is 2. The van der Waals surface area contributed by atoms with Crippen LogP contribution in [-0.4, -0.2) is 58.4 Å². The third-order valence-electron chi connectivity index (χ3n) is 3.67. The van der Waals surface area contributed by atoms with Gasteiger partial charge < -0.3 is 29.2 Å². The summed E-state index contributed by atoms with van der Waals surface area (Å²) in [5.74, 6) is -1.63. The highest BCUT2D eigenvalue weighted by molar-refractivity contribution is 5.07. The Bertz CT molecular complexity index is 292. The Morgan fingerprint density at radius 1 is 0.611 bits per heavy atom. The van der Waals surface area contributed by atoms with Gasteiger partial charge in [0.05, 0.1) is 0 Å². The largest absolute Gasteiger partial charge is 0.387 e. The molecule has 3 aliphatic rings. The van der Waals surface area contributed by atoms with Gasteiger partial charge in [-0.15, -0.1) is 0 Å². The van der Waals surface area contributed by atoms with Gasteiger partial charge in [0.25, 0.3) is 0 Å². The van der Waals surface area contributed by atoms with Gasteiger partial charge in [0.15, 0.2) is 11.6 Å². The summed E-state index contributed by atoms with van der Waals surface area (Å²) >= 11 is 0. The molecule has 0 amide bonds. The second kappa shape index (κ2) is 3.65. The topological polar surface area (TPSA) is 77.4 Å². The number of rotatable bonds is 0. The predicted octanol–water partition coefficient (Wildman–Crippen LogP) is -0.238. The highest BCUT2D eigenvalue weighted by Crippen LogP contribution is 2.43. The maximum absolute atomic E-state index is 10.3. The SMILES string of the molecule is CC1(C)O[C@@H]2[C@H](O)[C@@H]3OC(C)(C)O[C@@H]3[C@H](O)[C@@H]2O1. The van der Waals surface area contributed by atoms with E-state index in [0.29, 0.717) is 0 Å². The molecule has 3 fully saturated rings. The second-order valence-corrected chi connectivity index (χ2v) is 6.11. The van der Waals surface area contributed by atoms with Crippen LogP contribution in [0.25, 0.3) is 0 Å². The Morgan fingerprint density at radius 3 is 1.06 bits per heavy atom. The molecule has 0 aromatic carbocycles. The normalized spacial score (nSPS) is 53.0. The van der Waals surface area contributed by atoms with E-state index >= 15 is 0 Å². The zero-order valence-corrected chi connectivity index (χ0v) is 11.0. The first kappa shape index (κ1) is 12.8. The lowest BCUT2D eigenvalue weighted by molar-refractivity contribution is -0.183. The van der Waals surface area contributed by atoms with Crippen LogP contribution < -0.4 is 0 Å². The van der Waals surface area contributed by atoms with Crippen LogP contribution in [0.1, 0.15) is 27.7 Å². The number of fused-ring (bicyclic) bond motifs is 2. The molecular weight excluding hydrogens is 240 g/mol. The first-order valence-corrected chi connectivity index (χ1v) is 6.28. The van der Waals surface area contributed by atoms with Crippen molar-refractivity contribution in [1.29, 1.82) is 0 Å². The first-order chi connectivity index (χ1) is 8.20. The molecule has 0 spiro atoms. The molecule has 3 rings (SSSR count). The van der Waals surface area contributed by atoms with E-state index in [4.69, 9.17) is 18.9 Å². The Hall–Kier alpha value is -0.240. The van der Waals surface area contributed by atoms with Crippen LogP contribution in [0.4, 0.5) is 0 Å². The maximum Gasteiger partial charge on any atom is 0.164 e. The van der Waals surface area contributed by atoms with Gasteiger partial charge in [-0.25, -0.2) is 0 Å². The molecule has 1 saturated carbocycles. The van der Waals surface area contributed by atoms with E-state index in [1.807, 2.05) is 0 Å². The summed E-state index contributed by atoms with van der Waals surface area (Å²) in [7, 11) is 0. The van der Waals surface area contributed by atoms with Crippen molar-refractivity contribution in [2.24, 2.45) is 0 Å². The number of aliphatic hydroxyl groups is 2. The van der Waals surface area contributed by atoms with Crippen molar-refractivity contribution in [3.05, 3.63) is 0 Å². The summed E-state index contributed by atoms with van der Waals surface area (Å²) < 4.78 is 22.6. The van der Waals surface area contributed by atoms with Gasteiger partial charge in [0.2, 0.25) is 0 Å². The van der Waals surface area contributed by atoms with Gasteiger partial charge in [-0.2, -0.15) is 0 Å². The molecule has 6 heteroatoms. The lowest BCUT2D eigenvalue weighted by Gasteiger charge is -2.38. The zero-order chi connectivity index (χ0) is 13.3. The molecule has 0 aromatic heterocycles. The maximum atomic E-state index is 10.3. The fraction of sp³-hybridized carbons (Fsp3) is 1.00. The third-order valence-corrected chi connectivity index (χ3v) is 3.67. The van der Waals surface area contributed by atoms with Crippen molar-refractivity contribution in [2.75, 3.05) is 0 Å². The minimum Gasteiger partial charge on any atom is -0.387 e. The summed E-state index contributed by atoms with van der Waals surface area (Å²) in [5, 5.41) is 20.6. The minimum atomic E-state index is -0.869. The highest BCUT2D eigenvalue weighted by Gasteiger charge is 2.62. The molecule has 1 aliphatic carbocycles. The first-order valence-electron chi connectivity index (χ1n) is 6.28. The molecular formula is C12H20O6. The minimum absolute atomic E-state index is 0.589. The quantitative estimate of drug-likeness (QED) is 0.626. The Morgan fingerprint density at radius 2 is 0.833 bits per heavy atom. The van der Waals surface area contributed by atoms with Gasteiger partial charge in [-0.3, -0.25) is 0 Å². The fourth-order valence-electron chi connectivity index (χ4n) is 3.06. The molecule has 104 valence electrons. The van der Waals surface area contributed by atoms with Crippen LogP contribution in [-0.2, 0) is 18.9 Å². The lowest BCUT2D eigenvalue weighted by Crippen LogP contribution is -2.61. The van der Waals surface area contributed by atoms with Gasteiger partial charge in [0, 0.05) is 0 Å². The summed E-state index contributed by atoms with van der Waals surface area (Å²) in [6.07, 6.45) is -4.09. The summed E-state index contributed by atoms with van der Waals surface area (Å²) in [4.78, 5) is 0. The second-order valence-electron chi connectivity index (χ2n) is 6.11. The van der Waals surface area contributed by atoms with Gasteiger partial charge in [-0.1, -0.05) is 0 Å². The highest BCUT2D eigenvalue weighted by atomic mass is 16.8. The van der Waals surface area contributed by atoms with Crippen LogP contribution in [0.3, 0.4) is 0 Å². The predicted molar refractivity (Wildman–Crippen MR) is 59.7 cm³/mol. The standard InChI is InChI=1S/C12H20O6/c1-11(2)15-7-5(13)9-10(6(14)8(7)16-11)18-12(3,4)17-9/h5-10,13-14H,1-4H3/t5-,6+,7+,8-,9-,10+.